The van der Waals surface area contributed by atoms with Gasteiger partial charge in [0.05, 0.1) is 6.42 Å². The Morgan fingerprint density at radius 2 is 1.54 bits per heavy atom. The van der Waals surface area contributed by atoms with Gasteiger partial charge < -0.3 is 28.8 Å². The van der Waals surface area contributed by atoms with Gasteiger partial charge >= 0.3 is 24.0 Å². The van der Waals surface area contributed by atoms with Gasteiger partial charge in [-0.25, -0.2) is 10.6 Å². The minimum Gasteiger partial charge on any atom is -0.481 e. The lowest BCUT2D eigenvalue weighted by molar-refractivity contribution is -0.251. The Labute approximate surface area is 160 Å². The smallest absolute Gasteiger partial charge is 0.423 e. The summed E-state index contributed by atoms with van der Waals surface area (Å²) in [4.78, 5) is 53.8. The van der Waals surface area contributed by atoms with Crippen molar-refractivity contribution in [1.29, 1.82) is 0 Å². The van der Waals surface area contributed by atoms with Crippen LogP contribution in [-0.4, -0.2) is 66.3 Å². The fraction of sp³-hybridized carbons (Fsp3) is 0.667. The van der Waals surface area contributed by atoms with Gasteiger partial charge in [-0.05, 0) is 0 Å². The van der Waals surface area contributed by atoms with E-state index in [0.29, 0.717) is 0 Å². The highest BCUT2D eigenvalue weighted by atomic mass is 16.7. The highest BCUT2D eigenvalue weighted by molar-refractivity contribution is 5.68. The number of hydrogen-bond acceptors (Lipinski definition) is 11. The number of hydrazine groups is 1. The molecule has 13 nitrogen and oxygen atoms in total. The first-order valence-corrected chi connectivity index (χ1v) is 7.96. The van der Waals surface area contributed by atoms with Crippen LogP contribution in [-0.2, 0) is 42.9 Å². The quantitative estimate of drug-likeness (QED) is 0.169. The molecule has 28 heavy (non-hydrogen) atoms. The number of rotatable bonds is 5. The number of nitrogens with one attached hydrogen (secondary N) is 1. The van der Waals surface area contributed by atoms with Crippen LogP contribution in [0.15, 0.2) is 0 Å². The summed E-state index contributed by atoms with van der Waals surface area (Å²) >= 11 is 0. The maximum Gasteiger partial charge on any atom is 0.423 e. The van der Waals surface area contributed by atoms with Gasteiger partial charge in [-0.2, -0.15) is 0 Å². The Hall–Kier alpha value is -2.93. The SMILES string of the molecule is CC(=O)O.CC(=O)OC[C@H]1OC(OC(=O)NN)CC(OC(C)=O)C1OC(C)=O. The van der Waals surface area contributed by atoms with E-state index in [1.165, 1.54) is 13.8 Å². The van der Waals surface area contributed by atoms with E-state index < -0.39 is 54.6 Å². The number of carbonyl (C=O) groups is 5. The molecule has 0 radical (unpaired) electrons. The van der Waals surface area contributed by atoms with Crippen molar-refractivity contribution in [2.45, 2.75) is 58.7 Å². The predicted octanol–water partition coefficient (Wildman–Crippen LogP) is -0.781. The molecular formula is C15H24N2O11. The van der Waals surface area contributed by atoms with Crippen LogP contribution in [0.4, 0.5) is 4.79 Å². The molecule has 160 valence electrons. The van der Waals surface area contributed by atoms with Crippen molar-refractivity contribution in [1.82, 2.24) is 5.43 Å². The van der Waals surface area contributed by atoms with Gasteiger partial charge in [0.25, 0.3) is 5.97 Å². The Morgan fingerprint density at radius 3 is 1.96 bits per heavy atom. The average Bonchev–Trinajstić information content (AvgIpc) is 2.53. The van der Waals surface area contributed by atoms with Gasteiger partial charge in [0.2, 0.25) is 6.29 Å². The van der Waals surface area contributed by atoms with Gasteiger partial charge in [0, 0.05) is 27.7 Å². The number of carbonyl (C=O) groups excluding carboxylic acids is 4. The third-order valence-electron chi connectivity index (χ3n) is 2.91. The van der Waals surface area contributed by atoms with Crippen LogP contribution in [0.1, 0.15) is 34.1 Å². The summed E-state index contributed by atoms with van der Waals surface area (Å²) in [6.45, 7) is 4.31. The molecular weight excluding hydrogens is 384 g/mol. The molecule has 1 aliphatic heterocycles. The number of nitrogens with two attached hydrogens (primary N) is 1. The monoisotopic (exact) mass is 408 g/mol. The molecule has 3 unspecified atom stereocenters. The Balaban J connectivity index is 0.00000165. The second kappa shape index (κ2) is 12.5. The Bertz CT molecular complexity index is 576. The lowest BCUT2D eigenvalue weighted by atomic mass is 10.0. The van der Waals surface area contributed by atoms with Crippen molar-refractivity contribution >= 4 is 30.0 Å². The number of carboxylic acids is 1. The van der Waals surface area contributed by atoms with E-state index in [9.17, 15) is 19.2 Å². The highest BCUT2D eigenvalue weighted by Crippen LogP contribution is 2.27. The van der Waals surface area contributed by atoms with Crippen LogP contribution in [0.2, 0.25) is 0 Å². The molecule has 0 spiro atoms. The normalized spacial score (nSPS) is 23.2. The zero-order chi connectivity index (χ0) is 21.9. The van der Waals surface area contributed by atoms with Crippen LogP contribution in [0.25, 0.3) is 0 Å². The van der Waals surface area contributed by atoms with Gasteiger partial charge in [-0.1, -0.05) is 0 Å². The molecule has 0 aliphatic carbocycles. The van der Waals surface area contributed by atoms with Gasteiger partial charge in [0.15, 0.2) is 6.10 Å². The summed E-state index contributed by atoms with van der Waals surface area (Å²) in [5, 5.41) is 7.42. The lowest BCUT2D eigenvalue weighted by Gasteiger charge is -2.39. The zero-order valence-corrected chi connectivity index (χ0v) is 15.8. The predicted molar refractivity (Wildman–Crippen MR) is 88.1 cm³/mol. The third-order valence-corrected chi connectivity index (χ3v) is 2.91. The zero-order valence-electron chi connectivity index (χ0n) is 15.8. The maximum atomic E-state index is 11.3. The number of aliphatic carboxylic acids is 1. The molecule has 1 amide bonds. The maximum absolute atomic E-state index is 11.3. The van der Waals surface area contributed by atoms with E-state index in [4.69, 9.17) is 39.4 Å². The first kappa shape index (κ1) is 25.1. The van der Waals surface area contributed by atoms with E-state index in [1.807, 2.05) is 0 Å². The molecule has 1 fully saturated rings. The van der Waals surface area contributed by atoms with Crippen molar-refractivity contribution in [3.05, 3.63) is 0 Å². The fourth-order valence-corrected chi connectivity index (χ4v) is 2.13. The molecule has 1 saturated heterocycles. The van der Waals surface area contributed by atoms with E-state index >= 15 is 0 Å². The van der Waals surface area contributed by atoms with Crippen molar-refractivity contribution in [2.75, 3.05) is 6.61 Å². The Morgan fingerprint density at radius 1 is 1.00 bits per heavy atom. The molecule has 13 heteroatoms. The number of hydrogen-bond donors (Lipinski definition) is 3. The minimum absolute atomic E-state index is 0.0957. The third kappa shape index (κ3) is 10.9. The summed E-state index contributed by atoms with van der Waals surface area (Å²) in [5.74, 6) is 2.22. The summed E-state index contributed by atoms with van der Waals surface area (Å²) < 4.78 is 25.4. The van der Waals surface area contributed by atoms with Gasteiger partial charge in [-0.15, -0.1) is 0 Å². The molecule has 1 rings (SSSR count). The van der Waals surface area contributed by atoms with Gasteiger partial charge in [-0.3, -0.25) is 24.6 Å². The van der Waals surface area contributed by atoms with E-state index in [0.717, 1.165) is 13.8 Å². The second-order valence-corrected chi connectivity index (χ2v) is 5.43. The van der Waals surface area contributed by atoms with Crippen molar-refractivity contribution < 1.29 is 52.8 Å². The Kier molecular flexibility index (Phi) is 11.2. The molecule has 0 aromatic carbocycles. The van der Waals surface area contributed by atoms with Crippen LogP contribution in [0.5, 0.6) is 0 Å². The van der Waals surface area contributed by atoms with Crippen LogP contribution < -0.4 is 11.3 Å². The van der Waals surface area contributed by atoms with E-state index in [2.05, 4.69) is 0 Å². The van der Waals surface area contributed by atoms with Crippen molar-refractivity contribution in [2.24, 2.45) is 5.84 Å². The minimum atomic E-state index is -1.15. The highest BCUT2D eigenvalue weighted by Gasteiger charge is 2.45. The van der Waals surface area contributed by atoms with Crippen molar-refractivity contribution in [3.8, 4) is 0 Å². The summed E-state index contributed by atoms with van der Waals surface area (Å²) in [5.41, 5.74) is 1.76. The molecule has 0 bridgehead atoms. The first-order chi connectivity index (χ1) is 13.0. The number of esters is 3. The molecule has 0 saturated carbocycles. The number of ether oxygens (including phenoxy) is 5. The molecule has 0 aromatic rings. The molecule has 1 heterocycles. The molecule has 4 N–H and O–H groups in total. The van der Waals surface area contributed by atoms with E-state index in [-0.39, 0.29) is 13.0 Å². The first-order valence-electron chi connectivity index (χ1n) is 7.96. The van der Waals surface area contributed by atoms with Crippen LogP contribution in [0.3, 0.4) is 0 Å². The molecule has 4 atom stereocenters. The molecule has 0 aromatic heterocycles. The number of amides is 1. The van der Waals surface area contributed by atoms with Gasteiger partial charge in [0.1, 0.15) is 18.8 Å². The summed E-state index contributed by atoms with van der Waals surface area (Å²) in [6.07, 6.45) is -5.22. The summed E-state index contributed by atoms with van der Waals surface area (Å²) in [7, 11) is 0. The fourth-order valence-electron chi connectivity index (χ4n) is 2.13. The molecule has 1 aliphatic rings. The van der Waals surface area contributed by atoms with E-state index in [1.54, 1.807) is 5.43 Å². The largest absolute Gasteiger partial charge is 0.481 e. The summed E-state index contributed by atoms with van der Waals surface area (Å²) in [6, 6.07) is 0. The van der Waals surface area contributed by atoms with Crippen LogP contribution in [0, 0.1) is 0 Å². The van der Waals surface area contributed by atoms with Crippen molar-refractivity contribution in [3.63, 3.8) is 0 Å². The average molecular weight is 408 g/mol. The van der Waals surface area contributed by atoms with Crippen LogP contribution >= 0.6 is 0 Å². The number of carboxylic acid groups (broad SMARTS) is 1. The standard InChI is InChI=1S/C13H20N2O9.C2H4O2/c1-6(16)20-5-10-12(22-8(3)18)9(21-7(2)17)4-11(23-10)24-13(19)15-14;1-2(3)4/h9-12H,4-5,14H2,1-3H3,(H,15,19);1H3,(H,3,4)/t9?,10-,11?,12?;/m1./s1. The lowest BCUT2D eigenvalue weighted by Crippen LogP contribution is -2.55. The topological polar surface area (TPSA) is 190 Å². The second-order valence-electron chi connectivity index (χ2n) is 5.43.